The van der Waals surface area contributed by atoms with Crippen molar-refractivity contribution in [3.05, 3.63) is 53.8 Å². The van der Waals surface area contributed by atoms with Gasteiger partial charge in [0, 0.05) is 0 Å². The van der Waals surface area contributed by atoms with Gasteiger partial charge < -0.3 is 4.74 Å². The highest BCUT2D eigenvalue weighted by atomic mass is 19.1. The van der Waals surface area contributed by atoms with E-state index >= 15 is 0 Å². The zero-order valence-corrected chi connectivity index (χ0v) is 9.33. The molecule has 2 rings (SSSR count). The summed E-state index contributed by atoms with van der Waals surface area (Å²) in [6, 6.07) is 12.6. The molecule has 1 nitrogen and oxygen atoms in total. The zero-order valence-electron chi connectivity index (χ0n) is 9.33. The van der Waals surface area contributed by atoms with Crippen LogP contribution in [-0.4, -0.2) is 7.11 Å². The Bertz CT molecular complexity index is 489. The molecule has 0 radical (unpaired) electrons. The number of hydrogen-bond donors (Lipinski definition) is 0. The van der Waals surface area contributed by atoms with E-state index in [4.69, 9.17) is 4.74 Å². The van der Waals surface area contributed by atoms with Crippen molar-refractivity contribution in [2.24, 2.45) is 0 Å². The first-order valence-corrected chi connectivity index (χ1v) is 5.11. The maximum Gasteiger partial charge on any atom is 0.123 e. The topological polar surface area (TPSA) is 9.23 Å². The normalized spacial score (nSPS) is 10.2. The van der Waals surface area contributed by atoms with E-state index in [0.29, 0.717) is 0 Å². The smallest absolute Gasteiger partial charge is 0.123 e. The molecular formula is C14H13FO. The van der Waals surface area contributed by atoms with E-state index in [2.05, 4.69) is 0 Å². The summed E-state index contributed by atoms with van der Waals surface area (Å²) in [6.07, 6.45) is 0. The lowest BCUT2D eigenvalue weighted by atomic mass is 10.0. The molecule has 0 bridgehead atoms. The molecule has 0 aliphatic heterocycles. The van der Waals surface area contributed by atoms with Gasteiger partial charge in [-0.25, -0.2) is 4.39 Å². The number of rotatable bonds is 2. The molecule has 2 aromatic rings. The van der Waals surface area contributed by atoms with E-state index in [0.717, 1.165) is 22.4 Å². The van der Waals surface area contributed by atoms with Gasteiger partial charge in [-0.05, 0) is 47.9 Å². The molecule has 16 heavy (non-hydrogen) atoms. The van der Waals surface area contributed by atoms with Gasteiger partial charge in [0.1, 0.15) is 11.6 Å². The van der Waals surface area contributed by atoms with Crippen LogP contribution < -0.4 is 4.74 Å². The van der Waals surface area contributed by atoms with Crippen LogP contribution in [0, 0.1) is 12.7 Å². The quantitative estimate of drug-likeness (QED) is 0.741. The van der Waals surface area contributed by atoms with Gasteiger partial charge in [-0.2, -0.15) is 0 Å². The minimum atomic E-state index is -0.199. The highest BCUT2D eigenvalue weighted by Gasteiger charge is 2.03. The first kappa shape index (κ1) is 10.7. The van der Waals surface area contributed by atoms with Crippen LogP contribution >= 0.6 is 0 Å². The van der Waals surface area contributed by atoms with E-state index in [1.165, 1.54) is 6.07 Å². The largest absolute Gasteiger partial charge is 0.497 e. The molecule has 0 aromatic heterocycles. The Morgan fingerprint density at radius 1 is 1.00 bits per heavy atom. The average molecular weight is 216 g/mol. The van der Waals surface area contributed by atoms with Crippen molar-refractivity contribution in [2.45, 2.75) is 6.92 Å². The van der Waals surface area contributed by atoms with Gasteiger partial charge in [0.25, 0.3) is 0 Å². The second kappa shape index (κ2) is 4.35. The minimum absolute atomic E-state index is 0.199. The summed E-state index contributed by atoms with van der Waals surface area (Å²) in [6.45, 7) is 1.91. The Kier molecular flexibility index (Phi) is 2.91. The lowest BCUT2D eigenvalue weighted by Gasteiger charge is -2.07. The van der Waals surface area contributed by atoms with Crippen molar-refractivity contribution in [3.8, 4) is 16.9 Å². The monoisotopic (exact) mass is 216 g/mol. The molecule has 2 heteroatoms. The highest BCUT2D eigenvalue weighted by molar-refractivity contribution is 5.67. The summed E-state index contributed by atoms with van der Waals surface area (Å²) in [5.41, 5.74) is 3.05. The van der Waals surface area contributed by atoms with Crippen LogP contribution in [0.4, 0.5) is 4.39 Å². The van der Waals surface area contributed by atoms with E-state index < -0.39 is 0 Å². The zero-order chi connectivity index (χ0) is 11.5. The van der Waals surface area contributed by atoms with Gasteiger partial charge in [0.15, 0.2) is 0 Å². The fourth-order valence-electron chi connectivity index (χ4n) is 1.72. The summed E-state index contributed by atoms with van der Waals surface area (Å²) < 4.78 is 18.1. The number of halogens is 1. The highest BCUT2D eigenvalue weighted by Crippen LogP contribution is 2.25. The van der Waals surface area contributed by atoms with E-state index in [9.17, 15) is 4.39 Å². The van der Waals surface area contributed by atoms with Gasteiger partial charge in [0.05, 0.1) is 7.11 Å². The molecular weight excluding hydrogens is 203 g/mol. The van der Waals surface area contributed by atoms with Gasteiger partial charge in [-0.1, -0.05) is 18.2 Å². The van der Waals surface area contributed by atoms with Crippen LogP contribution in [0.1, 0.15) is 5.56 Å². The van der Waals surface area contributed by atoms with E-state index in [1.807, 2.05) is 31.2 Å². The van der Waals surface area contributed by atoms with Crippen molar-refractivity contribution in [3.63, 3.8) is 0 Å². The first-order valence-electron chi connectivity index (χ1n) is 5.11. The average Bonchev–Trinajstić information content (AvgIpc) is 2.29. The SMILES string of the molecule is COc1ccc(-c2ccc(F)cc2C)cc1. The minimum Gasteiger partial charge on any atom is -0.497 e. The second-order valence-corrected chi connectivity index (χ2v) is 3.69. The third-order valence-electron chi connectivity index (χ3n) is 2.59. The Morgan fingerprint density at radius 3 is 2.25 bits per heavy atom. The molecule has 0 heterocycles. The van der Waals surface area contributed by atoms with Crippen molar-refractivity contribution in [2.75, 3.05) is 7.11 Å². The van der Waals surface area contributed by atoms with Crippen molar-refractivity contribution in [1.29, 1.82) is 0 Å². The van der Waals surface area contributed by atoms with Crippen LogP contribution in [0.15, 0.2) is 42.5 Å². The molecule has 0 N–H and O–H groups in total. The van der Waals surface area contributed by atoms with Crippen molar-refractivity contribution in [1.82, 2.24) is 0 Å². The molecule has 0 aliphatic rings. The second-order valence-electron chi connectivity index (χ2n) is 3.69. The van der Waals surface area contributed by atoms with E-state index in [1.54, 1.807) is 19.2 Å². The van der Waals surface area contributed by atoms with Crippen molar-refractivity contribution < 1.29 is 9.13 Å². The Balaban J connectivity index is 2.42. The van der Waals surface area contributed by atoms with Gasteiger partial charge in [-0.15, -0.1) is 0 Å². The molecule has 0 spiro atoms. The Hall–Kier alpha value is -1.83. The molecule has 0 unspecified atom stereocenters. The number of methoxy groups -OCH3 is 1. The number of ether oxygens (including phenoxy) is 1. The number of hydrogen-bond acceptors (Lipinski definition) is 1. The van der Waals surface area contributed by atoms with Crippen LogP contribution in [0.2, 0.25) is 0 Å². The molecule has 0 saturated carbocycles. The van der Waals surface area contributed by atoms with E-state index in [-0.39, 0.29) is 5.82 Å². The molecule has 2 aromatic carbocycles. The summed E-state index contributed by atoms with van der Waals surface area (Å²) >= 11 is 0. The Labute approximate surface area is 94.5 Å². The maximum absolute atomic E-state index is 13.0. The van der Waals surface area contributed by atoms with Gasteiger partial charge >= 0.3 is 0 Å². The van der Waals surface area contributed by atoms with Crippen LogP contribution in [0.5, 0.6) is 5.75 Å². The standard InChI is InChI=1S/C14H13FO/c1-10-9-12(15)5-8-14(10)11-3-6-13(16-2)7-4-11/h3-9H,1-2H3. The molecule has 0 saturated heterocycles. The molecule has 0 fully saturated rings. The summed E-state index contributed by atoms with van der Waals surface area (Å²) in [5, 5.41) is 0. The summed E-state index contributed by atoms with van der Waals surface area (Å²) in [7, 11) is 1.64. The molecule has 0 amide bonds. The van der Waals surface area contributed by atoms with Gasteiger partial charge in [-0.3, -0.25) is 0 Å². The van der Waals surface area contributed by atoms with Gasteiger partial charge in [0.2, 0.25) is 0 Å². The summed E-state index contributed by atoms with van der Waals surface area (Å²) in [5.74, 6) is 0.623. The molecule has 0 aliphatic carbocycles. The number of aryl methyl sites for hydroxylation is 1. The lowest BCUT2D eigenvalue weighted by molar-refractivity contribution is 0.415. The molecule has 0 atom stereocenters. The predicted molar refractivity (Wildman–Crippen MR) is 63.1 cm³/mol. The Morgan fingerprint density at radius 2 is 1.69 bits per heavy atom. The lowest BCUT2D eigenvalue weighted by Crippen LogP contribution is -1.86. The third-order valence-corrected chi connectivity index (χ3v) is 2.59. The fraction of sp³-hybridized carbons (Fsp3) is 0.143. The van der Waals surface area contributed by atoms with Crippen LogP contribution in [-0.2, 0) is 0 Å². The predicted octanol–water partition coefficient (Wildman–Crippen LogP) is 3.81. The summed E-state index contributed by atoms with van der Waals surface area (Å²) in [4.78, 5) is 0. The molecule has 82 valence electrons. The maximum atomic E-state index is 13.0. The van der Waals surface area contributed by atoms with Crippen LogP contribution in [0.25, 0.3) is 11.1 Å². The number of benzene rings is 2. The van der Waals surface area contributed by atoms with Crippen molar-refractivity contribution >= 4 is 0 Å². The fourth-order valence-corrected chi connectivity index (χ4v) is 1.72. The first-order chi connectivity index (χ1) is 7.70. The third kappa shape index (κ3) is 2.06. The van der Waals surface area contributed by atoms with Crippen LogP contribution in [0.3, 0.4) is 0 Å².